The zero-order chi connectivity index (χ0) is 13.4. The van der Waals surface area contributed by atoms with E-state index in [-0.39, 0.29) is 6.07 Å². The Hall–Kier alpha value is -2.38. The molecule has 2 rings (SSSR count). The van der Waals surface area contributed by atoms with Gasteiger partial charge in [-0.3, -0.25) is 4.57 Å². The van der Waals surface area contributed by atoms with Crippen LogP contribution >= 0.6 is 0 Å². The average Bonchev–Trinajstić information content (AvgIpc) is 2.76. The van der Waals surface area contributed by atoms with E-state index in [1.54, 1.807) is 0 Å². The third-order valence-corrected chi connectivity index (χ3v) is 2.15. The van der Waals surface area contributed by atoms with E-state index in [1.165, 1.54) is 0 Å². The van der Waals surface area contributed by atoms with Crippen molar-refractivity contribution in [1.82, 2.24) is 9.55 Å². The summed E-state index contributed by atoms with van der Waals surface area (Å²) in [6.45, 7) is 0. The molecule has 0 fully saturated rings. The molecule has 18 heavy (non-hydrogen) atoms. The van der Waals surface area contributed by atoms with E-state index in [0.717, 1.165) is 12.5 Å². The van der Waals surface area contributed by atoms with Crippen LogP contribution in [0.4, 0.5) is 17.6 Å². The Balaban J connectivity index is 2.66. The molecule has 1 aromatic heterocycles. The molecular formula is C10H4F4N2O2. The number of nitrogens with zero attached hydrogens (tertiary/aromatic N) is 2. The lowest BCUT2D eigenvalue weighted by Gasteiger charge is -2.06. The fourth-order valence-electron chi connectivity index (χ4n) is 1.34. The van der Waals surface area contributed by atoms with Gasteiger partial charge in [0.25, 0.3) is 0 Å². The molecular weight excluding hydrogens is 256 g/mol. The predicted molar refractivity (Wildman–Crippen MR) is 50.4 cm³/mol. The highest BCUT2D eigenvalue weighted by atomic mass is 19.2. The first-order chi connectivity index (χ1) is 8.41. The van der Waals surface area contributed by atoms with Gasteiger partial charge in [0.15, 0.2) is 29.0 Å². The monoisotopic (exact) mass is 260 g/mol. The second kappa shape index (κ2) is 4.13. The number of carbonyl (C=O) groups is 1. The Morgan fingerprint density at radius 3 is 2.17 bits per heavy atom. The van der Waals surface area contributed by atoms with E-state index in [1.807, 2.05) is 0 Å². The van der Waals surface area contributed by atoms with Gasteiger partial charge in [0.05, 0.1) is 0 Å². The first-order valence-corrected chi connectivity index (χ1v) is 4.52. The van der Waals surface area contributed by atoms with E-state index >= 15 is 0 Å². The lowest BCUT2D eigenvalue weighted by Crippen LogP contribution is -2.05. The maximum absolute atomic E-state index is 13.4. The van der Waals surface area contributed by atoms with Crippen molar-refractivity contribution < 1.29 is 27.5 Å². The maximum atomic E-state index is 13.4. The Kier molecular flexibility index (Phi) is 2.77. The van der Waals surface area contributed by atoms with Crippen molar-refractivity contribution in [3.8, 4) is 5.69 Å². The molecule has 94 valence electrons. The molecule has 0 saturated heterocycles. The highest BCUT2D eigenvalue weighted by Crippen LogP contribution is 2.23. The molecule has 0 saturated carbocycles. The van der Waals surface area contributed by atoms with E-state index in [4.69, 9.17) is 5.11 Å². The Labute approximate surface area is 97.1 Å². The van der Waals surface area contributed by atoms with Gasteiger partial charge in [-0.15, -0.1) is 0 Å². The van der Waals surface area contributed by atoms with Crippen molar-refractivity contribution in [3.63, 3.8) is 0 Å². The number of aromatic carboxylic acids is 1. The first-order valence-electron chi connectivity index (χ1n) is 4.52. The smallest absolute Gasteiger partial charge is 0.356 e. The summed E-state index contributed by atoms with van der Waals surface area (Å²) in [5.74, 6) is -7.89. The number of hydrogen-bond donors (Lipinski definition) is 1. The molecule has 0 atom stereocenters. The summed E-state index contributed by atoms with van der Waals surface area (Å²) >= 11 is 0. The summed E-state index contributed by atoms with van der Waals surface area (Å²) in [5, 5.41) is 8.58. The molecule has 0 aliphatic heterocycles. The number of hydrogen-bond acceptors (Lipinski definition) is 2. The molecule has 8 heteroatoms. The van der Waals surface area contributed by atoms with Gasteiger partial charge in [-0.05, 0) is 0 Å². The van der Waals surface area contributed by atoms with Crippen molar-refractivity contribution in [3.05, 3.63) is 47.6 Å². The minimum absolute atomic E-state index is 0.0587. The van der Waals surface area contributed by atoms with Crippen molar-refractivity contribution in [2.75, 3.05) is 0 Å². The Morgan fingerprint density at radius 2 is 1.72 bits per heavy atom. The molecule has 2 aromatic rings. The summed E-state index contributed by atoms with van der Waals surface area (Å²) in [7, 11) is 0. The molecule has 0 radical (unpaired) electrons. The summed E-state index contributed by atoms with van der Waals surface area (Å²) < 4.78 is 53.2. The summed E-state index contributed by atoms with van der Waals surface area (Å²) in [6.07, 6.45) is 1.48. The van der Waals surface area contributed by atoms with E-state index in [9.17, 15) is 22.4 Å². The van der Waals surface area contributed by atoms with Gasteiger partial charge in [0.1, 0.15) is 12.0 Å². The fraction of sp³-hybridized carbons (Fsp3) is 0. The quantitative estimate of drug-likeness (QED) is 0.664. The first kappa shape index (κ1) is 12.1. The van der Waals surface area contributed by atoms with Crippen molar-refractivity contribution in [2.45, 2.75) is 0 Å². The SMILES string of the molecule is O=C(O)c1cn(-c2c(F)c(F)cc(F)c2F)cn1. The molecule has 0 bridgehead atoms. The van der Waals surface area contributed by atoms with Crippen LogP contribution in [0, 0.1) is 23.3 Å². The normalized spacial score (nSPS) is 10.7. The predicted octanol–water partition coefficient (Wildman–Crippen LogP) is 2.13. The molecule has 0 aliphatic carbocycles. The third-order valence-electron chi connectivity index (χ3n) is 2.15. The summed E-state index contributed by atoms with van der Waals surface area (Å²) in [5.41, 5.74) is -1.58. The highest BCUT2D eigenvalue weighted by molar-refractivity contribution is 5.85. The fourth-order valence-corrected chi connectivity index (χ4v) is 1.34. The van der Waals surface area contributed by atoms with E-state index in [0.29, 0.717) is 4.57 Å². The second-order valence-corrected chi connectivity index (χ2v) is 3.29. The number of carboxylic acid groups (broad SMARTS) is 1. The minimum Gasteiger partial charge on any atom is -0.476 e. The lowest BCUT2D eigenvalue weighted by atomic mass is 10.2. The maximum Gasteiger partial charge on any atom is 0.356 e. The number of benzene rings is 1. The van der Waals surface area contributed by atoms with Crippen LogP contribution in [0.3, 0.4) is 0 Å². The number of carboxylic acids is 1. The van der Waals surface area contributed by atoms with Crippen molar-refractivity contribution >= 4 is 5.97 Å². The molecule has 1 N–H and O–H groups in total. The van der Waals surface area contributed by atoms with Crippen LogP contribution in [-0.4, -0.2) is 20.6 Å². The standard InChI is InChI=1S/C10H4F4N2O2/c11-4-1-5(12)8(14)9(7(4)13)16-2-6(10(17)18)15-3-16/h1-3H,(H,17,18). The molecule has 1 aromatic carbocycles. The van der Waals surface area contributed by atoms with Crippen LogP contribution in [0.5, 0.6) is 0 Å². The molecule has 0 amide bonds. The Morgan fingerprint density at radius 1 is 1.17 bits per heavy atom. The highest BCUT2D eigenvalue weighted by Gasteiger charge is 2.21. The van der Waals surface area contributed by atoms with E-state index < -0.39 is 40.6 Å². The second-order valence-electron chi connectivity index (χ2n) is 3.29. The zero-order valence-electron chi connectivity index (χ0n) is 8.49. The minimum atomic E-state index is -1.64. The molecule has 0 unspecified atom stereocenters. The van der Waals surface area contributed by atoms with Crippen LogP contribution in [0.15, 0.2) is 18.6 Å². The van der Waals surface area contributed by atoms with Crippen LogP contribution in [0.2, 0.25) is 0 Å². The van der Waals surface area contributed by atoms with Gasteiger partial charge < -0.3 is 5.11 Å². The zero-order valence-corrected chi connectivity index (χ0v) is 8.49. The third kappa shape index (κ3) is 1.81. The van der Waals surface area contributed by atoms with Gasteiger partial charge in [-0.25, -0.2) is 27.3 Å². The number of imidazole rings is 1. The molecule has 1 heterocycles. The van der Waals surface area contributed by atoms with Crippen molar-refractivity contribution in [2.24, 2.45) is 0 Å². The van der Waals surface area contributed by atoms with Crippen molar-refractivity contribution in [1.29, 1.82) is 0 Å². The van der Waals surface area contributed by atoms with Gasteiger partial charge in [0.2, 0.25) is 0 Å². The number of rotatable bonds is 2. The molecule has 4 nitrogen and oxygen atoms in total. The topological polar surface area (TPSA) is 55.1 Å². The lowest BCUT2D eigenvalue weighted by molar-refractivity contribution is 0.0691. The van der Waals surface area contributed by atoms with Gasteiger partial charge in [-0.1, -0.05) is 0 Å². The number of halogens is 4. The average molecular weight is 260 g/mol. The van der Waals surface area contributed by atoms with Crippen LogP contribution in [0.1, 0.15) is 10.5 Å². The molecule has 0 aliphatic rings. The Bertz CT molecular complexity index is 613. The van der Waals surface area contributed by atoms with E-state index in [2.05, 4.69) is 4.98 Å². The van der Waals surface area contributed by atoms with Gasteiger partial charge in [0, 0.05) is 12.3 Å². The molecule has 0 spiro atoms. The van der Waals surface area contributed by atoms with Crippen LogP contribution in [0.25, 0.3) is 5.69 Å². The summed E-state index contributed by atoms with van der Waals surface area (Å²) in [4.78, 5) is 13.9. The van der Waals surface area contributed by atoms with Crippen LogP contribution < -0.4 is 0 Å². The van der Waals surface area contributed by atoms with Gasteiger partial charge >= 0.3 is 5.97 Å². The van der Waals surface area contributed by atoms with Crippen LogP contribution in [-0.2, 0) is 0 Å². The summed E-state index contributed by atoms with van der Waals surface area (Å²) in [6, 6.07) is 0.0587. The largest absolute Gasteiger partial charge is 0.476 e. The van der Waals surface area contributed by atoms with Gasteiger partial charge in [-0.2, -0.15) is 0 Å². The number of aromatic nitrogens is 2.